The van der Waals surface area contributed by atoms with Crippen LogP contribution in [0, 0.1) is 5.82 Å². The van der Waals surface area contributed by atoms with Crippen molar-refractivity contribution >= 4 is 11.6 Å². The molecular formula is C23H23FN2O3. The van der Waals surface area contributed by atoms with Crippen LogP contribution in [0.3, 0.4) is 0 Å². The van der Waals surface area contributed by atoms with E-state index in [1.807, 2.05) is 12.1 Å². The molecule has 1 unspecified atom stereocenters. The number of amides is 1. The minimum atomic E-state index is -0.454. The zero-order valence-corrected chi connectivity index (χ0v) is 16.4. The van der Waals surface area contributed by atoms with Gasteiger partial charge in [0.2, 0.25) is 0 Å². The SMILES string of the molecule is COc1ccc(CNC(=O)c2ccoc2CN2c3ccccc3CC2C)cc1F. The van der Waals surface area contributed by atoms with Crippen LogP contribution in [0.25, 0.3) is 0 Å². The lowest BCUT2D eigenvalue weighted by Gasteiger charge is -2.24. The van der Waals surface area contributed by atoms with Crippen molar-refractivity contribution in [1.82, 2.24) is 5.32 Å². The summed E-state index contributed by atoms with van der Waals surface area (Å²) in [6, 6.07) is 14.9. The van der Waals surface area contributed by atoms with Crippen molar-refractivity contribution in [3.8, 4) is 5.75 Å². The van der Waals surface area contributed by atoms with E-state index in [-0.39, 0.29) is 18.2 Å². The molecular weight excluding hydrogens is 371 g/mol. The van der Waals surface area contributed by atoms with Gasteiger partial charge in [0.25, 0.3) is 5.91 Å². The van der Waals surface area contributed by atoms with Crippen LogP contribution < -0.4 is 15.0 Å². The Hall–Kier alpha value is -3.28. The van der Waals surface area contributed by atoms with E-state index >= 15 is 0 Å². The second kappa shape index (κ2) is 7.99. The monoisotopic (exact) mass is 394 g/mol. The van der Waals surface area contributed by atoms with E-state index in [2.05, 4.69) is 29.3 Å². The summed E-state index contributed by atoms with van der Waals surface area (Å²) in [6.07, 6.45) is 2.51. The number of nitrogens with zero attached hydrogens (tertiary/aromatic N) is 1. The topological polar surface area (TPSA) is 54.7 Å². The molecule has 0 bridgehead atoms. The Bertz CT molecular complexity index is 1030. The molecule has 150 valence electrons. The summed E-state index contributed by atoms with van der Waals surface area (Å²) in [5.41, 5.74) is 3.63. The lowest BCUT2D eigenvalue weighted by atomic mass is 10.1. The Labute approximate surface area is 169 Å². The van der Waals surface area contributed by atoms with Crippen molar-refractivity contribution in [1.29, 1.82) is 0 Å². The van der Waals surface area contributed by atoms with Crippen molar-refractivity contribution in [2.24, 2.45) is 0 Å². The zero-order valence-electron chi connectivity index (χ0n) is 16.4. The Morgan fingerprint density at radius 3 is 2.90 bits per heavy atom. The van der Waals surface area contributed by atoms with Crippen molar-refractivity contribution in [2.75, 3.05) is 12.0 Å². The van der Waals surface area contributed by atoms with E-state index in [1.165, 1.54) is 30.7 Å². The molecule has 3 aromatic rings. The molecule has 6 heteroatoms. The molecule has 0 spiro atoms. The first-order chi connectivity index (χ1) is 14.1. The third-order valence-electron chi connectivity index (χ3n) is 5.32. The highest BCUT2D eigenvalue weighted by Crippen LogP contribution is 2.33. The van der Waals surface area contributed by atoms with E-state index in [9.17, 15) is 9.18 Å². The number of benzene rings is 2. The fourth-order valence-electron chi connectivity index (χ4n) is 3.79. The van der Waals surface area contributed by atoms with Gasteiger partial charge in [-0.15, -0.1) is 0 Å². The van der Waals surface area contributed by atoms with Crippen LogP contribution in [-0.4, -0.2) is 19.1 Å². The smallest absolute Gasteiger partial charge is 0.255 e. The molecule has 2 heterocycles. The van der Waals surface area contributed by atoms with E-state index < -0.39 is 5.82 Å². The minimum Gasteiger partial charge on any atom is -0.494 e. The van der Waals surface area contributed by atoms with E-state index in [4.69, 9.17) is 9.15 Å². The van der Waals surface area contributed by atoms with Gasteiger partial charge < -0.3 is 19.4 Å². The average molecular weight is 394 g/mol. The molecule has 29 heavy (non-hydrogen) atoms. The molecule has 4 rings (SSSR count). The van der Waals surface area contributed by atoms with Gasteiger partial charge in [0, 0.05) is 18.3 Å². The van der Waals surface area contributed by atoms with Crippen LogP contribution in [-0.2, 0) is 19.5 Å². The Balaban J connectivity index is 1.45. The van der Waals surface area contributed by atoms with Gasteiger partial charge in [-0.05, 0) is 48.7 Å². The summed E-state index contributed by atoms with van der Waals surface area (Å²) >= 11 is 0. The largest absolute Gasteiger partial charge is 0.494 e. The number of carbonyl (C=O) groups excluding carboxylic acids is 1. The highest BCUT2D eigenvalue weighted by Gasteiger charge is 2.27. The maximum absolute atomic E-state index is 13.8. The van der Waals surface area contributed by atoms with E-state index in [0.29, 0.717) is 29.5 Å². The van der Waals surface area contributed by atoms with Crippen LogP contribution in [0.15, 0.2) is 59.2 Å². The number of carbonyl (C=O) groups is 1. The maximum atomic E-state index is 13.8. The van der Waals surface area contributed by atoms with Crippen LogP contribution in [0.2, 0.25) is 0 Å². The summed E-state index contributed by atoms with van der Waals surface area (Å²) in [4.78, 5) is 15.0. The third-order valence-corrected chi connectivity index (χ3v) is 5.32. The molecule has 0 saturated carbocycles. The van der Waals surface area contributed by atoms with Gasteiger partial charge in [-0.3, -0.25) is 4.79 Å². The molecule has 1 aliphatic rings. The van der Waals surface area contributed by atoms with Gasteiger partial charge >= 0.3 is 0 Å². The highest BCUT2D eigenvalue weighted by atomic mass is 19.1. The number of hydrogen-bond acceptors (Lipinski definition) is 4. The number of halogens is 1. The Morgan fingerprint density at radius 1 is 1.28 bits per heavy atom. The molecule has 0 radical (unpaired) electrons. The van der Waals surface area contributed by atoms with Crippen molar-refractivity contribution < 1.29 is 18.3 Å². The summed E-state index contributed by atoms with van der Waals surface area (Å²) in [5.74, 6) is 0.0965. The van der Waals surface area contributed by atoms with Gasteiger partial charge in [0.05, 0.1) is 25.5 Å². The minimum absolute atomic E-state index is 0.178. The standard InChI is InChI=1S/C23H23FN2O3/c1-15-11-17-5-3-4-6-20(17)26(15)14-22-18(9-10-29-22)23(27)25-13-16-7-8-21(28-2)19(24)12-16/h3-10,12,15H,11,13-14H2,1-2H3,(H,25,27). The number of anilines is 1. The predicted octanol–water partition coefficient (Wildman–Crippen LogP) is 4.31. The molecule has 0 fully saturated rings. The third kappa shape index (κ3) is 3.83. The molecule has 5 nitrogen and oxygen atoms in total. The second-order valence-electron chi connectivity index (χ2n) is 7.22. The number of rotatable bonds is 6. The number of furan rings is 1. The number of methoxy groups -OCH3 is 1. The normalized spacial score (nSPS) is 15.3. The number of para-hydroxylation sites is 1. The number of hydrogen-bond donors (Lipinski definition) is 1. The molecule has 1 aromatic heterocycles. The molecule has 1 aliphatic heterocycles. The van der Waals surface area contributed by atoms with Crippen molar-refractivity contribution in [3.63, 3.8) is 0 Å². The molecule has 0 saturated heterocycles. The van der Waals surface area contributed by atoms with Gasteiger partial charge in [-0.1, -0.05) is 24.3 Å². The van der Waals surface area contributed by atoms with Gasteiger partial charge in [-0.2, -0.15) is 0 Å². The first-order valence-electron chi connectivity index (χ1n) is 9.58. The van der Waals surface area contributed by atoms with Gasteiger partial charge in [-0.25, -0.2) is 4.39 Å². The quantitative estimate of drug-likeness (QED) is 0.677. The molecule has 0 aliphatic carbocycles. The number of fused-ring (bicyclic) bond motifs is 1. The summed E-state index contributed by atoms with van der Waals surface area (Å²) in [7, 11) is 1.42. The predicted molar refractivity (Wildman–Crippen MR) is 109 cm³/mol. The maximum Gasteiger partial charge on any atom is 0.255 e. The molecule has 1 atom stereocenters. The lowest BCUT2D eigenvalue weighted by molar-refractivity contribution is 0.0948. The van der Waals surface area contributed by atoms with Crippen LogP contribution in [0.4, 0.5) is 10.1 Å². The Morgan fingerprint density at radius 2 is 2.10 bits per heavy atom. The van der Waals surface area contributed by atoms with E-state index in [1.54, 1.807) is 18.2 Å². The summed E-state index contributed by atoms with van der Waals surface area (Å²) in [6.45, 7) is 2.90. The highest BCUT2D eigenvalue weighted by molar-refractivity contribution is 5.95. The van der Waals surface area contributed by atoms with Crippen LogP contribution in [0.1, 0.15) is 34.2 Å². The number of nitrogens with one attached hydrogen (secondary N) is 1. The molecule has 2 aromatic carbocycles. The average Bonchev–Trinajstić information content (AvgIpc) is 3.31. The Kier molecular flexibility index (Phi) is 5.25. The summed E-state index contributed by atoms with van der Waals surface area (Å²) < 4.78 is 24.4. The fourth-order valence-corrected chi connectivity index (χ4v) is 3.79. The zero-order chi connectivity index (χ0) is 20.4. The molecule has 1 amide bonds. The number of ether oxygens (including phenoxy) is 1. The first-order valence-corrected chi connectivity index (χ1v) is 9.58. The van der Waals surface area contributed by atoms with Gasteiger partial charge in [0.15, 0.2) is 11.6 Å². The molecule has 1 N–H and O–H groups in total. The van der Waals surface area contributed by atoms with Gasteiger partial charge in [0.1, 0.15) is 5.76 Å². The van der Waals surface area contributed by atoms with E-state index in [0.717, 1.165) is 6.42 Å². The fraction of sp³-hybridized carbons (Fsp3) is 0.261. The van der Waals surface area contributed by atoms with Crippen molar-refractivity contribution in [3.05, 3.63) is 83.1 Å². The lowest BCUT2D eigenvalue weighted by Crippen LogP contribution is -2.30. The summed E-state index contributed by atoms with van der Waals surface area (Å²) in [5, 5.41) is 2.84. The first kappa shape index (κ1) is 19.1. The van der Waals surface area contributed by atoms with Crippen molar-refractivity contribution in [2.45, 2.75) is 32.5 Å². The second-order valence-corrected chi connectivity index (χ2v) is 7.22. The van der Waals surface area contributed by atoms with Crippen LogP contribution in [0.5, 0.6) is 5.75 Å². The van der Waals surface area contributed by atoms with Crippen LogP contribution >= 0.6 is 0 Å².